The first kappa shape index (κ1) is 23.0. The van der Waals surface area contributed by atoms with Crippen LogP contribution in [-0.2, 0) is 20.7 Å². The van der Waals surface area contributed by atoms with Gasteiger partial charge in [-0.2, -0.15) is 8.42 Å². The third kappa shape index (κ3) is 6.40. The molecule has 31 heavy (non-hydrogen) atoms. The standard InChI is InChI=1S/C23H25NO5S2/c1-4-29-31(25,26)15-13-18-10-11-21(27-3)22(16-18)28-14-12-20-17(2)30-23(24-20)19-8-6-5-7-9-19/h5-11,13,15-16H,4,12,14H2,1-3H3/b15-13+. The second kappa shape index (κ2) is 10.6. The predicted octanol–water partition coefficient (Wildman–Crippen LogP) is 5.09. The molecular formula is C23H25NO5S2. The zero-order chi connectivity index (χ0) is 22.3. The van der Waals surface area contributed by atoms with E-state index < -0.39 is 10.1 Å². The Labute approximate surface area is 187 Å². The first-order chi connectivity index (χ1) is 14.9. The van der Waals surface area contributed by atoms with Crippen LogP contribution in [0.15, 0.2) is 53.9 Å². The van der Waals surface area contributed by atoms with Crippen molar-refractivity contribution in [2.45, 2.75) is 20.3 Å². The summed E-state index contributed by atoms with van der Waals surface area (Å²) in [6.45, 7) is 4.19. The molecule has 3 aromatic rings. The van der Waals surface area contributed by atoms with E-state index >= 15 is 0 Å². The molecule has 6 nitrogen and oxygen atoms in total. The van der Waals surface area contributed by atoms with Gasteiger partial charge in [-0.05, 0) is 37.6 Å². The molecule has 8 heteroatoms. The van der Waals surface area contributed by atoms with Crippen molar-refractivity contribution in [3.63, 3.8) is 0 Å². The molecule has 0 aliphatic rings. The van der Waals surface area contributed by atoms with E-state index in [4.69, 9.17) is 18.6 Å². The molecule has 0 aliphatic heterocycles. The van der Waals surface area contributed by atoms with Crippen LogP contribution in [0.2, 0.25) is 0 Å². The SMILES string of the molecule is CCOS(=O)(=O)/C=C/c1ccc(OC)c(OCCc2nc(-c3ccccc3)sc2C)c1. The molecule has 0 saturated heterocycles. The van der Waals surface area contributed by atoms with Gasteiger partial charge >= 0.3 is 0 Å². The lowest BCUT2D eigenvalue weighted by Gasteiger charge is -2.11. The Bertz CT molecular complexity index is 1140. The van der Waals surface area contributed by atoms with E-state index in [2.05, 4.69) is 6.92 Å². The van der Waals surface area contributed by atoms with Crippen molar-refractivity contribution in [3.8, 4) is 22.1 Å². The van der Waals surface area contributed by atoms with Crippen molar-refractivity contribution in [1.29, 1.82) is 0 Å². The van der Waals surface area contributed by atoms with Gasteiger partial charge in [0.05, 0.1) is 31.4 Å². The molecule has 0 unspecified atom stereocenters. The number of methoxy groups -OCH3 is 1. The summed E-state index contributed by atoms with van der Waals surface area (Å²) in [5.74, 6) is 1.11. The molecule has 0 saturated carbocycles. The highest BCUT2D eigenvalue weighted by Gasteiger charge is 2.11. The van der Waals surface area contributed by atoms with Crippen LogP contribution < -0.4 is 9.47 Å². The summed E-state index contributed by atoms with van der Waals surface area (Å²) in [6.07, 6.45) is 2.12. The largest absolute Gasteiger partial charge is 0.493 e. The van der Waals surface area contributed by atoms with E-state index in [-0.39, 0.29) is 6.61 Å². The molecule has 0 radical (unpaired) electrons. The van der Waals surface area contributed by atoms with Crippen molar-refractivity contribution in [1.82, 2.24) is 4.98 Å². The zero-order valence-electron chi connectivity index (χ0n) is 17.7. The minimum atomic E-state index is -3.70. The summed E-state index contributed by atoms with van der Waals surface area (Å²) in [6, 6.07) is 15.3. The van der Waals surface area contributed by atoms with Gasteiger partial charge in [0.25, 0.3) is 10.1 Å². The third-order valence-electron chi connectivity index (χ3n) is 4.41. The van der Waals surface area contributed by atoms with Crippen LogP contribution >= 0.6 is 11.3 Å². The summed E-state index contributed by atoms with van der Waals surface area (Å²) >= 11 is 1.67. The quantitative estimate of drug-likeness (QED) is 0.393. The number of aryl methyl sites for hydroxylation is 1. The third-order valence-corrected chi connectivity index (χ3v) is 6.50. The van der Waals surface area contributed by atoms with E-state index in [0.717, 1.165) is 26.6 Å². The fraction of sp³-hybridized carbons (Fsp3) is 0.261. The van der Waals surface area contributed by atoms with Crippen molar-refractivity contribution in [3.05, 3.63) is 70.1 Å². The molecule has 3 rings (SSSR count). The van der Waals surface area contributed by atoms with Crippen LogP contribution in [0.1, 0.15) is 23.1 Å². The summed E-state index contributed by atoms with van der Waals surface area (Å²) in [5, 5.41) is 2.03. The highest BCUT2D eigenvalue weighted by molar-refractivity contribution is 7.89. The maximum Gasteiger partial charge on any atom is 0.290 e. The topological polar surface area (TPSA) is 74.7 Å². The molecule has 1 heterocycles. The van der Waals surface area contributed by atoms with E-state index in [1.807, 2.05) is 30.3 Å². The minimum absolute atomic E-state index is 0.0890. The van der Waals surface area contributed by atoms with Crippen molar-refractivity contribution >= 4 is 27.5 Å². The molecule has 0 amide bonds. The number of aromatic nitrogens is 1. The number of rotatable bonds is 10. The molecule has 0 atom stereocenters. The lowest BCUT2D eigenvalue weighted by molar-refractivity contribution is 0.296. The fourth-order valence-electron chi connectivity index (χ4n) is 2.90. The first-order valence-electron chi connectivity index (χ1n) is 9.82. The van der Waals surface area contributed by atoms with Gasteiger partial charge in [-0.1, -0.05) is 36.4 Å². The van der Waals surface area contributed by atoms with Crippen molar-refractivity contribution in [2.75, 3.05) is 20.3 Å². The average Bonchev–Trinajstić information content (AvgIpc) is 3.14. The number of ether oxygens (including phenoxy) is 2. The Morgan fingerprint density at radius 3 is 2.58 bits per heavy atom. The van der Waals surface area contributed by atoms with Gasteiger partial charge in [-0.25, -0.2) is 4.98 Å². The Morgan fingerprint density at radius 1 is 1.10 bits per heavy atom. The maximum atomic E-state index is 11.7. The summed E-state index contributed by atoms with van der Waals surface area (Å²) in [4.78, 5) is 5.92. The van der Waals surface area contributed by atoms with Gasteiger partial charge in [-0.3, -0.25) is 4.18 Å². The Balaban J connectivity index is 1.69. The fourth-order valence-corrected chi connectivity index (χ4v) is 4.59. The maximum absolute atomic E-state index is 11.7. The van der Waals surface area contributed by atoms with E-state index in [1.165, 1.54) is 6.08 Å². The van der Waals surface area contributed by atoms with Gasteiger partial charge < -0.3 is 9.47 Å². The summed E-state index contributed by atoms with van der Waals surface area (Å²) in [5.41, 5.74) is 2.77. The van der Waals surface area contributed by atoms with Crippen LogP contribution in [0.3, 0.4) is 0 Å². The molecular weight excluding hydrogens is 434 g/mol. The number of hydrogen-bond acceptors (Lipinski definition) is 7. The second-order valence-corrected chi connectivity index (χ2v) is 9.30. The Morgan fingerprint density at radius 2 is 1.87 bits per heavy atom. The van der Waals surface area contributed by atoms with Crippen LogP contribution in [0, 0.1) is 6.92 Å². The monoisotopic (exact) mass is 459 g/mol. The van der Waals surface area contributed by atoms with Gasteiger partial charge in [0.2, 0.25) is 0 Å². The highest BCUT2D eigenvalue weighted by Crippen LogP contribution is 2.30. The normalized spacial score (nSPS) is 11.7. The van der Waals surface area contributed by atoms with Crippen molar-refractivity contribution in [2.24, 2.45) is 0 Å². The Hall–Kier alpha value is -2.68. The average molecular weight is 460 g/mol. The van der Waals surface area contributed by atoms with E-state index in [1.54, 1.807) is 43.6 Å². The van der Waals surface area contributed by atoms with E-state index in [9.17, 15) is 8.42 Å². The molecule has 0 fully saturated rings. The predicted molar refractivity (Wildman–Crippen MR) is 124 cm³/mol. The van der Waals surface area contributed by atoms with Gasteiger partial charge in [0.15, 0.2) is 11.5 Å². The molecule has 0 aliphatic carbocycles. The molecule has 164 valence electrons. The first-order valence-corrected chi connectivity index (χ1v) is 12.1. The number of thiazole rings is 1. The van der Waals surface area contributed by atoms with Crippen LogP contribution in [-0.4, -0.2) is 33.7 Å². The molecule has 1 aromatic heterocycles. The smallest absolute Gasteiger partial charge is 0.290 e. The van der Waals surface area contributed by atoms with Gasteiger partial charge in [0, 0.05) is 16.9 Å². The lowest BCUT2D eigenvalue weighted by Crippen LogP contribution is -2.04. The summed E-state index contributed by atoms with van der Waals surface area (Å²) in [7, 11) is -2.13. The zero-order valence-corrected chi connectivity index (χ0v) is 19.3. The minimum Gasteiger partial charge on any atom is -0.493 e. The van der Waals surface area contributed by atoms with Crippen LogP contribution in [0.25, 0.3) is 16.6 Å². The molecule has 0 bridgehead atoms. The van der Waals surface area contributed by atoms with E-state index in [0.29, 0.717) is 30.1 Å². The number of benzene rings is 2. The van der Waals surface area contributed by atoms with Crippen LogP contribution in [0.4, 0.5) is 0 Å². The summed E-state index contributed by atoms with van der Waals surface area (Å²) < 4.78 is 39.4. The van der Waals surface area contributed by atoms with Crippen LogP contribution in [0.5, 0.6) is 11.5 Å². The van der Waals surface area contributed by atoms with Crippen molar-refractivity contribution < 1.29 is 22.1 Å². The number of hydrogen-bond donors (Lipinski definition) is 0. The molecule has 0 spiro atoms. The highest BCUT2D eigenvalue weighted by atomic mass is 32.2. The Kier molecular flexibility index (Phi) is 7.84. The second-order valence-electron chi connectivity index (χ2n) is 6.60. The lowest BCUT2D eigenvalue weighted by atomic mass is 10.2. The molecule has 2 aromatic carbocycles. The van der Waals surface area contributed by atoms with Gasteiger partial charge in [-0.15, -0.1) is 11.3 Å². The van der Waals surface area contributed by atoms with Gasteiger partial charge in [0.1, 0.15) is 5.01 Å². The molecule has 0 N–H and O–H groups in total. The number of nitrogens with zero attached hydrogens (tertiary/aromatic N) is 1.